The predicted octanol–water partition coefficient (Wildman–Crippen LogP) is 2.56. The van der Waals surface area contributed by atoms with Gasteiger partial charge in [0.2, 0.25) is 0 Å². The zero-order chi connectivity index (χ0) is 10.8. The van der Waals surface area contributed by atoms with Crippen LogP contribution >= 0.6 is 0 Å². The van der Waals surface area contributed by atoms with Crippen molar-refractivity contribution >= 4 is 5.69 Å². The van der Waals surface area contributed by atoms with Crippen molar-refractivity contribution < 1.29 is 13.2 Å². The largest absolute Gasteiger partial charge is 0.416 e. The van der Waals surface area contributed by atoms with Crippen LogP contribution in [-0.2, 0) is 12.7 Å². The SMILES string of the molecule is NCc1cc(N=O)cc(C(F)(F)F)c1. The Balaban J connectivity index is 3.24. The first-order valence-electron chi connectivity index (χ1n) is 3.72. The van der Waals surface area contributed by atoms with Crippen molar-refractivity contribution in [2.24, 2.45) is 10.9 Å². The van der Waals surface area contributed by atoms with Gasteiger partial charge in [-0.05, 0) is 28.9 Å². The molecule has 0 aliphatic heterocycles. The summed E-state index contributed by atoms with van der Waals surface area (Å²) in [4.78, 5) is 10.1. The zero-order valence-corrected chi connectivity index (χ0v) is 7.01. The lowest BCUT2D eigenvalue weighted by molar-refractivity contribution is -0.137. The van der Waals surface area contributed by atoms with Crippen molar-refractivity contribution in [3.63, 3.8) is 0 Å². The van der Waals surface area contributed by atoms with Crippen LogP contribution in [0.15, 0.2) is 23.4 Å². The van der Waals surface area contributed by atoms with Gasteiger partial charge < -0.3 is 5.73 Å². The molecule has 0 aliphatic rings. The Bertz CT molecular complexity index is 349. The number of halogens is 3. The molecule has 14 heavy (non-hydrogen) atoms. The Labute approximate surface area is 77.7 Å². The van der Waals surface area contributed by atoms with Crippen molar-refractivity contribution in [2.75, 3.05) is 0 Å². The third-order valence-electron chi connectivity index (χ3n) is 1.65. The molecule has 0 saturated carbocycles. The number of benzene rings is 1. The minimum atomic E-state index is -4.48. The highest BCUT2D eigenvalue weighted by molar-refractivity contribution is 5.44. The molecule has 0 bridgehead atoms. The van der Waals surface area contributed by atoms with E-state index in [1.807, 2.05) is 0 Å². The highest BCUT2D eigenvalue weighted by Crippen LogP contribution is 2.32. The number of nitroso groups, excluding NO2 is 1. The number of hydrogen-bond acceptors (Lipinski definition) is 3. The molecule has 0 saturated heterocycles. The number of alkyl halides is 3. The second-order valence-corrected chi connectivity index (χ2v) is 2.68. The topological polar surface area (TPSA) is 55.4 Å². The predicted molar refractivity (Wildman–Crippen MR) is 44.8 cm³/mol. The molecule has 1 aromatic carbocycles. The molecule has 0 aliphatic carbocycles. The van der Waals surface area contributed by atoms with Crippen LogP contribution in [0.4, 0.5) is 18.9 Å². The summed E-state index contributed by atoms with van der Waals surface area (Å²) in [6, 6.07) is 2.81. The number of rotatable bonds is 2. The number of hydrogen-bond donors (Lipinski definition) is 1. The van der Waals surface area contributed by atoms with Gasteiger partial charge in [-0.25, -0.2) is 0 Å². The summed E-state index contributed by atoms with van der Waals surface area (Å²) >= 11 is 0. The normalized spacial score (nSPS) is 11.4. The van der Waals surface area contributed by atoms with Gasteiger partial charge in [0, 0.05) is 6.54 Å². The van der Waals surface area contributed by atoms with Gasteiger partial charge >= 0.3 is 6.18 Å². The van der Waals surface area contributed by atoms with E-state index >= 15 is 0 Å². The third kappa shape index (κ3) is 2.29. The van der Waals surface area contributed by atoms with Crippen LogP contribution < -0.4 is 5.73 Å². The monoisotopic (exact) mass is 204 g/mol. The molecule has 2 N–H and O–H groups in total. The van der Waals surface area contributed by atoms with Crippen molar-refractivity contribution in [3.8, 4) is 0 Å². The van der Waals surface area contributed by atoms with Crippen LogP contribution in [0.2, 0.25) is 0 Å². The smallest absolute Gasteiger partial charge is 0.326 e. The molecule has 3 nitrogen and oxygen atoms in total. The lowest BCUT2D eigenvalue weighted by atomic mass is 10.1. The molecule has 76 valence electrons. The fourth-order valence-electron chi connectivity index (χ4n) is 1.01. The Morgan fingerprint density at radius 3 is 2.36 bits per heavy atom. The molecular weight excluding hydrogens is 197 g/mol. The van der Waals surface area contributed by atoms with Gasteiger partial charge in [0.1, 0.15) is 5.69 Å². The van der Waals surface area contributed by atoms with Gasteiger partial charge in [-0.15, -0.1) is 4.91 Å². The summed E-state index contributed by atoms with van der Waals surface area (Å²) in [5.74, 6) is 0. The van der Waals surface area contributed by atoms with Gasteiger partial charge in [0.05, 0.1) is 5.56 Å². The Morgan fingerprint density at radius 2 is 1.93 bits per heavy atom. The second-order valence-electron chi connectivity index (χ2n) is 2.68. The maximum absolute atomic E-state index is 12.2. The molecule has 1 rings (SSSR count). The summed E-state index contributed by atoms with van der Waals surface area (Å²) < 4.78 is 36.7. The quantitative estimate of drug-likeness (QED) is 0.752. The van der Waals surface area contributed by atoms with Crippen LogP contribution in [0.25, 0.3) is 0 Å². The molecule has 0 unspecified atom stereocenters. The van der Waals surface area contributed by atoms with Gasteiger partial charge in [-0.3, -0.25) is 0 Å². The molecular formula is C8H7F3N2O. The molecule has 0 fully saturated rings. The minimum absolute atomic E-state index is 0.0631. The lowest BCUT2D eigenvalue weighted by Gasteiger charge is -2.08. The van der Waals surface area contributed by atoms with E-state index in [1.54, 1.807) is 0 Å². The van der Waals surface area contributed by atoms with Crippen molar-refractivity contribution in [2.45, 2.75) is 12.7 Å². The summed E-state index contributed by atoms with van der Waals surface area (Å²) in [5.41, 5.74) is 4.23. The average molecular weight is 204 g/mol. The average Bonchev–Trinajstić information content (AvgIpc) is 2.15. The number of nitrogens with two attached hydrogens (primary N) is 1. The Kier molecular flexibility index (Phi) is 2.85. The Hall–Kier alpha value is -1.43. The van der Waals surface area contributed by atoms with E-state index in [2.05, 4.69) is 5.18 Å². The first kappa shape index (κ1) is 10.6. The maximum atomic E-state index is 12.2. The van der Waals surface area contributed by atoms with E-state index in [0.717, 1.165) is 6.07 Å². The fourth-order valence-corrected chi connectivity index (χ4v) is 1.01. The van der Waals surface area contributed by atoms with Crippen molar-refractivity contribution in [1.29, 1.82) is 0 Å². The van der Waals surface area contributed by atoms with E-state index < -0.39 is 11.7 Å². The van der Waals surface area contributed by atoms with Crippen molar-refractivity contribution in [3.05, 3.63) is 34.2 Å². The highest BCUT2D eigenvalue weighted by Gasteiger charge is 2.31. The molecule has 0 heterocycles. The first-order valence-corrected chi connectivity index (χ1v) is 3.72. The van der Waals surface area contributed by atoms with Crippen LogP contribution in [0.5, 0.6) is 0 Å². The van der Waals surface area contributed by atoms with Crippen LogP contribution in [-0.4, -0.2) is 0 Å². The Morgan fingerprint density at radius 1 is 1.29 bits per heavy atom. The molecule has 0 atom stereocenters. The molecule has 1 aromatic rings. The van der Waals surface area contributed by atoms with Crippen molar-refractivity contribution in [1.82, 2.24) is 0 Å². The summed E-state index contributed by atoms with van der Waals surface area (Å²) in [5, 5.41) is 2.45. The van der Waals surface area contributed by atoms with Crippen LogP contribution in [0, 0.1) is 4.91 Å². The summed E-state index contributed by atoms with van der Waals surface area (Å²) in [6.45, 7) is -0.0631. The van der Waals surface area contributed by atoms with E-state index in [-0.39, 0.29) is 17.8 Å². The third-order valence-corrected chi connectivity index (χ3v) is 1.65. The van der Waals surface area contributed by atoms with Gasteiger partial charge in [0.15, 0.2) is 0 Å². The summed E-state index contributed by atoms with van der Waals surface area (Å²) in [7, 11) is 0. The second kappa shape index (κ2) is 3.75. The van der Waals surface area contributed by atoms with E-state index in [4.69, 9.17) is 5.73 Å². The number of nitrogens with zero attached hydrogens (tertiary/aromatic N) is 1. The highest BCUT2D eigenvalue weighted by atomic mass is 19.4. The van der Waals surface area contributed by atoms with E-state index in [9.17, 15) is 18.1 Å². The van der Waals surface area contributed by atoms with E-state index in [1.165, 1.54) is 6.07 Å². The fraction of sp³-hybridized carbons (Fsp3) is 0.250. The first-order chi connectivity index (χ1) is 6.47. The van der Waals surface area contributed by atoms with Gasteiger partial charge in [-0.1, -0.05) is 0 Å². The van der Waals surface area contributed by atoms with Crippen LogP contribution in [0.3, 0.4) is 0 Å². The summed E-state index contributed by atoms with van der Waals surface area (Å²) in [6.07, 6.45) is -4.48. The maximum Gasteiger partial charge on any atom is 0.416 e. The van der Waals surface area contributed by atoms with E-state index in [0.29, 0.717) is 6.07 Å². The van der Waals surface area contributed by atoms with Gasteiger partial charge in [-0.2, -0.15) is 13.2 Å². The molecule has 0 aromatic heterocycles. The van der Waals surface area contributed by atoms with Gasteiger partial charge in [0.25, 0.3) is 0 Å². The van der Waals surface area contributed by atoms with Crippen LogP contribution in [0.1, 0.15) is 11.1 Å². The molecule has 6 heteroatoms. The molecule has 0 amide bonds. The zero-order valence-electron chi connectivity index (χ0n) is 7.01. The standard InChI is InChI=1S/C8H7F3N2O/c9-8(10,11)6-1-5(4-12)2-7(3-6)13-14/h1-3H,4,12H2. The molecule has 0 radical (unpaired) electrons. The lowest BCUT2D eigenvalue weighted by Crippen LogP contribution is -2.06. The molecule has 0 spiro atoms. The minimum Gasteiger partial charge on any atom is -0.326 e.